The summed E-state index contributed by atoms with van der Waals surface area (Å²) in [5.41, 5.74) is 11.6. The second kappa shape index (κ2) is 15.0. The lowest BCUT2D eigenvalue weighted by atomic mass is 10.0. The molecule has 2 aliphatic rings. The molecule has 0 aromatic heterocycles. The zero-order chi connectivity index (χ0) is 28.2. The van der Waals surface area contributed by atoms with Crippen molar-refractivity contribution in [1.82, 2.24) is 31.1 Å². The van der Waals surface area contributed by atoms with Crippen molar-refractivity contribution in [2.24, 2.45) is 11.5 Å². The molecular formula is C26H41N9O4. The Morgan fingerprint density at radius 2 is 1.56 bits per heavy atom. The largest absolute Gasteiger partial charge is 0.370 e. The highest BCUT2D eigenvalue weighted by Crippen LogP contribution is 2.21. The van der Waals surface area contributed by atoms with Crippen LogP contribution in [0.1, 0.15) is 31.2 Å². The molecule has 0 aliphatic carbocycles. The minimum Gasteiger partial charge on any atom is -0.370 e. The summed E-state index contributed by atoms with van der Waals surface area (Å²) in [6.45, 7) is 2.66. The number of carbonyl (C=O) groups excluding carboxylic acids is 4. The number of likely N-dealkylation sites (tertiary alicyclic amines) is 2. The molecule has 13 heteroatoms. The van der Waals surface area contributed by atoms with E-state index in [9.17, 15) is 19.2 Å². The van der Waals surface area contributed by atoms with Gasteiger partial charge in [0.25, 0.3) is 0 Å². The van der Waals surface area contributed by atoms with Gasteiger partial charge in [-0.3, -0.25) is 24.6 Å². The van der Waals surface area contributed by atoms with Gasteiger partial charge in [0, 0.05) is 32.1 Å². The SMILES string of the molecule is N=C(N)NC[C@@H](NC(=O)CNC(=O)[C@@H](Cc1ccccc1)NC(=O)CN)C(=O)N1CCC(N2CCCC2)CC1. The lowest BCUT2D eigenvalue weighted by Crippen LogP contribution is -2.58. The Hall–Kier alpha value is -3.71. The van der Waals surface area contributed by atoms with E-state index < -0.39 is 36.3 Å². The molecule has 2 saturated heterocycles. The number of hydrogen-bond donors (Lipinski definition) is 7. The van der Waals surface area contributed by atoms with E-state index in [0.29, 0.717) is 19.1 Å². The number of benzene rings is 1. The molecule has 0 saturated carbocycles. The highest BCUT2D eigenvalue weighted by Gasteiger charge is 2.32. The second-order valence-corrected chi connectivity index (χ2v) is 9.95. The molecule has 0 bridgehead atoms. The first kappa shape index (κ1) is 29.8. The number of nitrogens with one attached hydrogen (secondary N) is 5. The van der Waals surface area contributed by atoms with E-state index in [-0.39, 0.29) is 31.4 Å². The number of hydrogen-bond acceptors (Lipinski definition) is 7. The fourth-order valence-corrected chi connectivity index (χ4v) is 5.04. The molecule has 1 aromatic carbocycles. The van der Waals surface area contributed by atoms with Gasteiger partial charge < -0.3 is 42.5 Å². The first-order valence-corrected chi connectivity index (χ1v) is 13.5. The third-order valence-electron chi connectivity index (χ3n) is 7.11. The third kappa shape index (κ3) is 9.52. The summed E-state index contributed by atoms with van der Waals surface area (Å²) in [5, 5.41) is 17.8. The Bertz CT molecular complexity index is 992. The van der Waals surface area contributed by atoms with Crippen LogP contribution in [0.4, 0.5) is 0 Å². The number of rotatable bonds is 12. The first-order valence-electron chi connectivity index (χ1n) is 13.5. The predicted molar refractivity (Wildman–Crippen MR) is 146 cm³/mol. The molecule has 2 fully saturated rings. The van der Waals surface area contributed by atoms with Gasteiger partial charge in [0.15, 0.2) is 5.96 Å². The Labute approximate surface area is 228 Å². The summed E-state index contributed by atoms with van der Waals surface area (Å²) in [6, 6.07) is 7.73. The Kier molecular flexibility index (Phi) is 11.5. The minimum absolute atomic E-state index is 0.0525. The smallest absolute Gasteiger partial charge is 0.246 e. The molecule has 0 unspecified atom stereocenters. The molecule has 39 heavy (non-hydrogen) atoms. The van der Waals surface area contributed by atoms with Gasteiger partial charge in [-0.25, -0.2) is 0 Å². The van der Waals surface area contributed by atoms with Gasteiger partial charge in [-0.05, 0) is 44.3 Å². The van der Waals surface area contributed by atoms with E-state index in [1.807, 2.05) is 30.3 Å². The first-order chi connectivity index (χ1) is 18.8. The van der Waals surface area contributed by atoms with Crippen molar-refractivity contribution >= 4 is 29.6 Å². The van der Waals surface area contributed by atoms with E-state index in [2.05, 4.69) is 26.2 Å². The Morgan fingerprint density at radius 1 is 0.923 bits per heavy atom. The van der Waals surface area contributed by atoms with Crippen LogP contribution in [0, 0.1) is 5.41 Å². The summed E-state index contributed by atoms with van der Waals surface area (Å²) in [7, 11) is 0. The molecule has 4 amide bonds. The molecule has 1 aromatic rings. The monoisotopic (exact) mass is 543 g/mol. The highest BCUT2D eigenvalue weighted by atomic mass is 16.2. The van der Waals surface area contributed by atoms with Crippen molar-refractivity contribution in [2.75, 3.05) is 45.8 Å². The lowest BCUT2D eigenvalue weighted by Gasteiger charge is -2.38. The molecule has 2 aliphatic heterocycles. The van der Waals surface area contributed by atoms with Crippen molar-refractivity contribution in [2.45, 2.75) is 50.2 Å². The number of nitrogens with two attached hydrogens (primary N) is 2. The van der Waals surface area contributed by atoms with Gasteiger partial charge >= 0.3 is 0 Å². The standard InChI is InChI=1S/C26H41N9O4/c27-15-22(36)32-20(14-18-6-2-1-3-7-18)24(38)30-17-23(37)33-21(16-31-26(28)29)25(39)35-12-8-19(9-13-35)34-10-4-5-11-34/h1-3,6-7,19-21H,4-5,8-17,27H2,(H,30,38)(H,32,36)(H,33,37)(H4,28,29,31)/t20-,21-/m1/s1. The molecule has 2 heterocycles. The van der Waals surface area contributed by atoms with Gasteiger partial charge in [0.1, 0.15) is 12.1 Å². The van der Waals surface area contributed by atoms with Crippen LogP contribution in [0.2, 0.25) is 0 Å². The van der Waals surface area contributed by atoms with Crippen molar-refractivity contribution < 1.29 is 19.2 Å². The lowest BCUT2D eigenvalue weighted by molar-refractivity contribution is -0.137. The van der Waals surface area contributed by atoms with Crippen molar-refractivity contribution in [1.29, 1.82) is 5.41 Å². The summed E-state index contributed by atoms with van der Waals surface area (Å²) >= 11 is 0. The number of guanidine groups is 1. The Morgan fingerprint density at radius 3 is 2.18 bits per heavy atom. The predicted octanol–water partition coefficient (Wildman–Crippen LogP) is -2.16. The zero-order valence-corrected chi connectivity index (χ0v) is 22.3. The van der Waals surface area contributed by atoms with E-state index in [4.69, 9.17) is 16.9 Å². The third-order valence-corrected chi connectivity index (χ3v) is 7.11. The van der Waals surface area contributed by atoms with Gasteiger partial charge in [-0.2, -0.15) is 0 Å². The average molecular weight is 544 g/mol. The van der Waals surface area contributed by atoms with Crippen LogP contribution in [0.25, 0.3) is 0 Å². The van der Waals surface area contributed by atoms with Crippen molar-refractivity contribution in [3.63, 3.8) is 0 Å². The van der Waals surface area contributed by atoms with E-state index in [0.717, 1.165) is 31.5 Å². The normalized spacial score (nSPS) is 17.6. The van der Waals surface area contributed by atoms with Crippen LogP contribution in [-0.4, -0.2) is 103 Å². The second-order valence-electron chi connectivity index (χ2n) is 9.95. The fourth-order valence-electron chi connectivity index (χ4n) is 5.04. The van der Waals surface area contributed by atoms with Gasteiger partial charge in [0.05, 0.1) is 13.1 Å². The maximum Gasteiger partial charge on any atom is 0.246 e. The van der Waals surface area contributed by atoms with E-state index >= 15 is 0 Å². The molecule has 214 valence electrons. The topological polar surface area (TPSA) is 199 Å². The zero-order valence-electron chi connectivity index (χ0n) is 22.3. The molecular weight excluding hydrogens is 502 g/mol. The maximum absolute atomic E-state index is 13.3. The van der Waals surface area contributed by atoms with Crippen LogP contribution < -0.4 is 32.7 Å². The van der Waals surface area contributed by atoms with Gasteiger partial charge in [-0.1, -0.05) is 30.3 Å². The summed E-state index contributed by atoms with van der Waals surface area (Å²) in [6.07, 6.45) is 4.40. The van der Waals surface area contributed by atoms with Crippen LogP contribution in [0.5, 0.6) is 0 Å². The van der Waals surface area contributed by atoms with Gasteiger partial charge in [-0.15, -0.1) is 0 Å². The molecule has 0 spiro atoms. The van der Waals surface area contributed by atoms with Crippen molar-refractivity contribution in [3.8, 4) is 0 Å². The number of piperidine rings is 1. The highest BCUT2D eigenvalue weighted by molar-refractivity contribution is 5.93. The van der Waals surface area contributed by atoms with E-state index in [1.54, 1.807) is 4.90 Å². The molecule has 2 atom stereocenters. The summed E-state index contributed by atoms with van der Waals surface area (Å²) < 4.78 is 0. The maximum atomic E-state index is 13.3. The quantitative estimate of drug-likeness (QED) is 0.114. The van der Waals surface area contributed by atoms with Gasteiger partial charge in [0.2, 0.25) is 23.6 Å². The number of nitrogens with zero attached hydrogens (tertiary/aromatic N) is 2. The average Bonchev–Trinajstić information content (AvgIpc) is 3.49. The van der Waals surface area contributed by atoms with Crippen LogP contribution >= 0.6 is 0 Å². The fraction of sp³-hybridized carbons (Fsp3) is 0.577. The van der Waals surface area contributed by atoms with Crippen molar-refractivity contribution in [3.05, 3.63) is 35.9 Å². The molecule has 9 N–H and O–H groups in total. The van der Waals surface area contributed by atoms with Crippen LogP contribution in [0.15, 0.2) is 30.3 Å². The molecule has 0 radical (unpaired) electrons. The Balaban J connectivity index is 1.54. The molecule has 13 nitrogen and oxygen atoms in total. The minimum atomic E-state index is -0.960. The van der Waals surface area contributed by atoms with Crippen LogP contribution in [-0.2, 0) is 25.6 Å². The summed E-state index contributed by atoms with van der Waals surface area (Å²) in [5.74, 6) is -2.21. The summed E-state index contributed by atoms with van der Waals surface area (Å²) in [4.78, 5) is 55.0. The number of amides is 4. The van der Waals surface area contributed by atoms with E-state index in [1.165, 1.54) is 12.8 Å². The number of carbonyl (C=O) groups is 4. The molecule has 3 rings (SSSR count). The van der Waals surface area contributed by atoms with Crippen LogP contribution in [0.3, 0.4) is 0 Å².